The van der Waals surface area contributed by atoms with E-state index < -0.39 is 0 Å². The van der Waals surface area contributed by atoms with Crippen LogP contribution in [0.3, 0.4) is 0 Å². The number of nitrogens with one attached hydrogen (secondary N) is 2. The van der Waals surface area contributed by atoms with Gasteiger partial charge in [-0.2, -0.15) is 0 Å². The van der Waals surface area contributed by atoms with Gasteiger partial charge in [0.1, 0.15) is 5.82 Å². The van der Waals surface area contributed by atoms with Crippen molar-refractivity contribution in [1.29, 1.82) is 0 Å². The van der Waals surface area contributed by atoms with Crippen LogP contribution in [0, 0.1) is 5.92 Å². The smallest absolute Gasteiger partial charge is 0.222 e. The maximum absolute atomic E-state index is 11.6. The molecule has 1 amide bonds. The first kappa shape index (κ1) is 20.6. The Morgan fingerprint density at radius 2 is 2.10 bits per heavy atom. The summed E-state index contributed by atoms with van der Waals surface area (Å²) in [5.74, 6) is 1.27. The standard InChI is InChI=1S/C21H29N7O/c1-23-21(26-12-9-18-8-2-3-10-24-18)27-14-16-6-4-11-25-20(16)28-13-5-7-17(15-28)19(22)29/h2-4,6,8,10-11,17H,5,7,9,12-15H2,1H3,(H2,22,29)(H2,23,26,27). The fourth-order valence-electron chi connectivity index (χ4n) is 3.51. The van der Waals surface area contributed by atoms with E-state index in [4.69, 9.17) is 5.73 Å². The van der Waals surface area contributed by atoms with Gasteiger partial charge in [-0.15, -0.1) is 0 Å². The first-order valence-electron chi connectivity index (χ1n) is 10.00. The van der Waals surface area contributed by atoms with E-state index >= 15 is 0 Å². The summed E-state index contributed by atoms with van der Waals surface area (Å²) in [5, 5.41) is 6.66. The number of carbonyl (C=O) groups excluding carboxylic acids is 1. The van der Waals surface area contributed by atoms with Gasteiger partial charge in [0, 0.05) is 63.3 Å². The van der Waals surface area contributed by atoms with E-state index in [0.717, 1.165) is 55.4 Å². The largest absolute Gasteiger partial charge is 0.369 e. The third-order valence-electron chi connectivity index (χ3n) is 5.06. The second-order valence-electron chi connectivity index (χ2n) is 7.10. The Kier molecular flexibility index (Phi) is 7.38. The van der Waals surface area contributed by atoms with Crippen LogP contribution >= 0.6 is 0 Å². The van der Waals surface area contributed by atoms with Crippen molar-refractivity contribution in [3.05, 3.63) is 54.0 Å². The summed E-state index contributed by atoms with van der Waals surface area (Å²) in [6.07, 6.45) is 6.19. The van der Waals surface area contributed by atoms with E-state index in [9.17, 15) is 4.79 Å². The summed E-state index contributed by atoms with van der Waals surface area (Å²) in [5.41, 5.74) is 7.62. The number of carbonyl (C=O) groups is 1. The second-order valence-corrected chi connectivity index (χ2v) is 7.10. The zero-order valence-corrected chi connectivity index (χ0v) is 16.8. The predicted octanol–water partition coefficient (Wildman–Crippen LogP) is 1.09. The average Bonchev–Trinajstić information content (AvgIpc) is 2.77. The highest BCUT2D eigenvalue weighted by Crippen LogP contribution is 2.24. The fourth-order valence-corrected chi connectivity index (χ4v) is 3.51. The molecule has 0 radical (unpaired) electrons. The molecule has 1 aliphatic rings. The van der Waals surface area contributed by atoms with Gasteiger partial charge in [-0.05, 0) is 31.0 Å². The van der Waals surface area contributed by atoms with Crippen molar-refractivity contribution in [2.24, 2.45) is 16.6 Å². The summed E-state index contributed by atoms with van der Waals surface area (Å²) < 4.78 is 0. The minimum Gasteiger partial charge on any atom is -0.369 e. The third-order valence-corrected chi connectivity index (χ3v) is 5.06. The van der Waals surface area contributed by atoms with Crippen LogP contribution in [0.4, 0.5) is 5.82 Å². The summed E-state index contributed by atoms with van der Waals surface area (Å²) >= 11 is 0. The van der Waals surface area contributed by atoms with Crippen LogP contribution in [0.15, 0.2) is 47.7 Å². The molecule has 154 valence electrons. The maximum atomic E-state index is 11.6. The summed E-state index contributed by atoms with van der Waals surface area (Å²) in [6, 6.07) is 9.88. The monoisotopic (exact) mass is 395 g/mol. The minimum absolute atomic E-state index is 0.118. The SMILES string of the molecule is CN=C(NCCc1ccccn1)NCc1cccnc1N1CCCC(C(N)=O)C1. The van der Waals surface area contributed by atoms with E-state index in [0.29, 0.717) is 13.1 Å². The van der Waals surface area contributed by atoms with Crippen LogP contribution in [0.2, 0.25) is 0 Å². The first-order valence-corrected chi connectivity index (χ1v) is 10.00. The molecule has 1 saturated heterocycles. The normalized spacial score (nSPS) is 17.1. The average molecular weight is 396 g/mol. The molecule has 0 aromatic carbocycles. The zero-order chi connectivity index (χ0) is 20.5. The number of nitrogens with two attached hydrogens (primary N) is 1. The van der Waals surface area contributed by atoms with Gasteiger partial charge in [0.15, 0.2) is 5.96 Å². The predicted molar refractivity (Wildman–Crippen MR) is 115 cm³/mol. The van der Waals surface area contributed by atoms with Crippen LogP contribution in [0.25, 0.3) is 0 Å². The molecule has 0 spiro atoms. The molecule has 3 rings (SSSR count). The summed E-state index contributed by atoms with van der Waals surface area (Å²) in [6.45, 7) is 2.83. The number of rotatable bonds is 7. The molecule has 8 nitrogen and oxygen atoms in total. The van der Waals surface area contributed by atoms with Crippen LogP contribution in [0.1, 0.15) is 24.1 Å². The van der Waals surface area contributed by atoms with Crippen molar-refractivity contribution in [2.75, 3.05) is 31.6 Å². The number of nitrogens with zero attached hydrogens (tertiary/aromatic N) is 4. The number of hydrogen-bond donors (Lipinski definition) is 3. The van der Waals surface area contributed by atoms with E-state index in [1.165, 1.54) is 0 Å². The lowest BCUT2D eigenvalue weighted by Gasteiger charge is -2.33. The molecule has 2 aromatic rings. The molecule has 0 saturated carbocycles. The van der Waals surface area contributed by atoms with E-state index in [2.05, 4.69) is 30.5 Å². The lowest BCUT2D eigenvalue weighted by atomic mass is 9.97. The van der Waals surface area contributed by atoms with Gasteiger partial charge in [-0.1, -0.05) is 12.1 Å². The molecule has 1 aliphatic heterocycles. The van der Waals surface area contributed by atoms with Gasteiger partial charge >= 0.3 is 0 Å². The van der Waals surface area contributed by atoms with Crippen molar-refractivity contribution in [1.82, 2.24) is 20.6 Å². The van der Waals surface area contributed by atoms with Crippen LogP contribution < -0.4 is 21.3 Å². The zero-order valence-electron chi connectivity index (χ0n) is 16.8. The maximum Gasteiger partial charge on any atom is 0.222 e. The number of aromatic nitrogens is 2. The Labute approximate surface area is 171 Å². The number of guanidine groups is 1. The van der Waals surface area contributed by atoms with Gasteiger partial charge < -0.3 is 21.3 Å². The highest BCUT2D eigenvalue weighted by Gasteiger charge is 2.25. The Morgan fingerprint density at radius 3 is 2.86 bits per heavy atom. The number of anilines is 1. The Balaban J connectivity index is 1.56. The van der Waals surface area contributed by atoms with Gasteiger partial charge in [-0.3, -0.25) is 14.8 Å². The molecule has 1 atom stereocenters. The number of pyridine rings is 2. The van der Waals surface area contributed by atoms with E-state index in [1.54, 1.807) is 19.4 Å². The first-order chi connectivity index (χ1) is 14.2. The van der Waals surface area contributed by atoms with Gasteiger partial charge in [0.2, 0.25) is 5.91 Å². The Hall–Kier alpha value is -3.16. The molecule has 8 heteroatoms. The number of primary amides is 1. The third kappa shape index (κ3) is 5.91. The van der Waals surface area contributed by atoms with Crippen LogP contribution in [0.5, 0.6) is 0 Å². The molecular formula is C21H29N7O. The minimum atomic E-state index is -0.234. The van der Waals surface area contributed by atoms with Crippen molar-refractivity contribution in [3.63, 3.8) is 0 Å². The van der Waals surface area contributed by atoms with Crippen LogP contribution in [-0.2, 0) is 17.8 Å². The molecule has 29 heavy (non-hydrogen) atoms. The summed E-state index contributed by atoms with van der Waals surface area (Å²) in [7, 11) is 1.75. The van der Waals surface area contributed by atoms with Gasteiger partial charge in [-0.25, -0.2) is 4.98 Å². The Bertz CT molecular complexity index is 825. The molecule has 0 aliphatic carbocycles. The van der Waals surface area contributed by atoms with Gasteiger partial charge in [0.05, 0.1) is 5.92 Å². The number of aliphatic imine (C=N–C) groups is 1. The quantitative estimate of drug-likeness (QED) is 0.478. The highest BCUT2D eigenvalue weighted by atomic mass is 16.1. The van der Waals surface area contributed by atoms with Crippen molar-refractivity contribution in [3.8, 4) is 0 Å². The molecule has 1 fully saturated rings. The van der Waals surface area contributed by atoms with E-state index in [-0.39, 0.29) is 11.8 Å². The molecule has 2 aromatic heterocycles. The highest BCUT2D eigenvalue weighted by molar-refractivity contribution is 5.80. The van der Waals surface area contributed by atoms with Crippen LogP contribution in [-0.4, -0.2) is 48.5 Å². The number of amides is 1. The van der Waals surface area contributed by atoms with Crippen molar-refractivity contribution < 1.29 is 4.79 Å². The lowest BCUT2D eigenvalue weighted by Crippen LogP contribution is -2.42. The molecular weight excluding hydrogens is 366 g/mol. The number of piperidine rings is 1. The topological polar surface area (TPSA) is 109 Å². The molecule has 0 bridgehead atoms. The molecule has 1 unspecified atom stereocenters. The van der Waals surface area contributed by atoms with Crippen molar-refractivity contribution >= 4 is 17.7 Å². The fraction of sp³-hybridized carbons (Fsp3) is 0.429. The molecule has 3 heterocycles. The lowest BCUT2D eigenvalue weighted by molar-refractivity contribution is -0.122. The Morgan fingerprint density at radius 1 is 1.24 bits per heavy atom. The van der Waals surface area contributed by atoms with Gasteiger partial charge in [0.25, 0.3) is 0 Å². The molecule has 4 N–H and O–H groups in total. The van der Waals surface area contributed by atoms with E-state index in [1.807, 2.05) is 30.3 Å². The van der Waals surface area contributed by atoms with Crippen molar-refractivity contribution in [2.45, 2.75) is 25.8 Å². The summed E-state index contributed by atoms with van der Waals surface area (Å²) in [4.78, 5) is 27.0. The second kappa shape index (κ2) is 10.4. The number of hydrogen-bond acceptors (Lipinski definition) is 5.